The first-order valence-corrected chi connectivity index (χ1v) is 10.4. The van der Waals surface area contributed by atoms with E-state index in [0.717, 1.165) is 12.0 Å². The number of nitrogens with zero attached hydrogens (tertiary/aromatic N) is 2. The molecule has 1 aromatic carbocycles. The van der Waals surface area contributed by atoms with Crippen LogP contribution in [0.1, 0.15) is 46.1 Å². The summed E-state index contributed by atoms with van der Waals surface area (Å²) in [5, 5.41) is 0. The van der Waals surface area contributed by atoms with E-state index >= 15 is 0 Å². The predicted octanol–water partition coefficient (Wildman–Crippen LogP) is 2.91. The van der Waals surface area contributed by atoms with Crippen LogP contribution in [-0.4, -0.2) is 49.7 Å². The molecule has 1 aliphatic heterocycles. The number of hydrogen-bond acceptors (Lipinski definition) is 3. The van der Waals surface area contributed by atoms with Crippen molar-refractivity contribution in [3.05, 3.63) is 29.8 Å². The van der Waals surface area contributed by atoms with Crippen molar-refractivity contribution < 1.29 is 13.2 Å². The first kappa shape index (κ1) is 19.9. The Morgan fingerprint density at radius 3 is 2.24 bits per heavy atom. The van der Waals surface area contributed by atoms with E-state index in [4.69, 9.17) is 0 Å². The van der Waals surface area contributed by atoms with E-state index in [9.17, 15) is 13.2 Å². The van der Waals surface area contributed by atoms with Gasteiger partial charge in [0.15, 0.2) is 0 Å². The summed E-state index contributed by atoms with van der Waals surface area (Å²) in [7, 11) is -3.50. The number of rotatable bonds is 4. The minimum atomic E-state index is -3.50. The maximum absolute atomic E-state index is 12.9. The molecule has 140 valence electrons. The van der Waals surface area contributed by atoms with Gasteiger partial charge in [0, 0.05) is 32.6 Å². The lowest BCUT2D eigenvalue weighted by molar-refractivity contribution is -0.132. The van der Waals surface area contributed by atoms with Crippen molar-refractivity contribution in [2.45, 2.75) is 51.9 Å². The lowest BCUT2D eigenvalue weighted by Crippen LogP contribution is -2.38. The lowest BCUT2D eigenvalue weighted by atomic mass is 9.91. The summed E-state index contributed by atoms with van der Waals surface area (Å²) >= 11 is 0. The van der Waals surface area contributed by atoms with Crippen LogP contribution in [0.25, 0.3) is 0 Å². The van der Waals surface area contributed by atoms with Crippen LogP contribution >= 0.6 is 0 Å². The highest BCUT2D eigenvalue weighted by Gasteiger charge is 2.29. The van der Waals surface area contributed by atoms with Crippen LogP contribution in [0.4, 0.5) is 0 Å². The van der Waals surface area contributed by atoms with Gasteiger partial charge in [-0.3, -0.25) is 4.79 Å². The Bertz CT molecular complexity index is 690. The van der Waals surface area contributed by atoms with E-state index < -0.39 is 10.0 Å². The van der Waals surface area contributed by atoms with Gasteiger partial charge in [-0.25, -0.2) is 8.42 Å². The highest BCUT2D eigenvalue weighted by atomic mass is 32.2. The zero-order chi connectivity index (χ0) is 18.7. The van der Waals surface area contributed by atoms with Gasteiger partial charge in [-0.1, -0.05) is 39.8 Å². The van der Waals surface area contributed by atoms with Crippen LogP contribution in [0, 0.1) is 5.41 Å². The second-order valence-electron chi connectivity index (χ2n) is 7.87. The number of aryl methyl sites for hydroxylation is 1. The molecule has 6 heteroatoms. The molecule has 1 amide bonds. The second kappa shape index (κ2) is 7.87. The fraction of sp³-hybridized carbons (Fsp3) is 0.632. The SMILES string of the molecule is CCc1ccc(S(=O)(=O)N2CCCN(C(=O)CC(C)(C)C)CC2)cc1. The van der Waals surface area contributed by atoms with Crippen LogP contribution in [0.3, 0.4) is 0 Å². The molecule has 0 aliphatic carbocycles. The summed E-state index contributed by atoms with van der Waals surface area (Å²) in [4.78, 5) is 14.6. The Labute approximate surface area is 152 Å². The van der Waals surface area contributed by atoms with Crippen molar-refractivity contribution >= 4 is 15.9 Å². The van der Waals surface area contributed by atoms with Gasteiger partial charge >= 0.3 is 0 Å². The molecule has 0 N–H and O–H groups in total. The predicted molar refractivity (Wildman–Crippen MR) is 99.8 cm³/mol. The minimum absolute atomic E-state index is 0.0594. The molecule has 1 fully saturated rings. The Morgan fingerprint density at radius 1 is 1.04 bits per heavy atom. The van der Waals surface area contributed by atoms with Gasteiger partial charge in [0.05, 0.1) is 4.90 Å². The van der Waals surface area contributed by atoms with Gasteiger partial charge in [0.25, 0.3) is 0 Å². The average Bonchev–Trinajstić information content (AvgIpc) is 2.80. The first-order chi connectivity index (χ1) is 11.6. The Morgan fingerprint density at radius 2 is 1.68 bits per heavy atom. The molecule has 1 aliphatic rings. The highest BCUT2D eigenvalue weighted by molar-refractivity contribution is 7.89. The van der Waals surface area contributed by atoms with Crippen molar-refractivity contribution in [1.82, 2.24) is 9.21 Å². The topological polar surface area (TPSA) is 57.7 Å². The molecule has 1 aromatic rings. The Hall–Kier alpha value is -1.40. The molecule has 2 rings (SSSR count). The quantitative estimate of drug-likeness (QED) is 0.823. The summed E-state index contributed by atoms with van der Waals surface area (Å²) in [6.45, 7) is 10.1. The second-order valence-corrected chi connectivity index (χ2v) is 9.81. The monoisotopic (exact) mass is 366 g/mol. The van der Waals surface area contributed by atoms with Crippen molar-refractivity contribution in [2.75, 3.05) is 26.2 Å². The van der Waals surface area contributed by atoms with Gasteiger partial charge < -0.3 is 4.90 Å². The molecular weight excluding hydrogens is 336 g/mol. The third-order valence-electron chi connectivity index (χ3n) is 4.46. The van der Waals surface area contributed by atoms with Crippen molar-refractivity contribution in [3.63, 3.8) is 0 Å². The molecule has 0 bridgehead atoms. The molecule has 25 heavy (non-hydrogen) atoms. The molecule has 0 aromatic heterocycles. The van der Waals surface area contributed by atoms with Gasteiger partial charge in [-0.05, 0) is 36.0 Å². The minimum Gasteiger partial charge on any atom is -0.341 e. The summed E-state index contributed by atoms with van der Waals surface area (Å²) in [6.07, 6.45) is 2.04. The van der Waals surface area contributed by atoms with Gasteiger partial charge in [0.2, 0.25) is 15.9 Å². The number of benzene rings is 1. The van der Waals surface area contributed by atoms with Crippen LogP contribution in [0.15, 0.2) is 29.2 Å². The van der Waals surface area contributed by atoms with E-state index in [1.807, 2.05) is 39.8 Å². The van der Waals surface area contributed by atoms with E-state index in [1.54, 1.807) is 17.0 Å². The standard InChI is InChI=1S/C19H30N2O3S/c1-5-16-7-9-17(10-8-16)25(23,24)21-12-6-11-20(13-14-21)18(22)15-19(2,3)4/h7-10H,5-6,11-15H2,1-4H3. The molecule has 1 heterocycles. The van der Waals surface area contributed by atoms with Crippen LogP contribution in [0.2, 0.25) is 0 Å². The van der Waals surface area contributed by atoms with Gasteiger partial charge in [-0.2, -0.15) is 4.31 Å². The fourth-order valence-corrected chi connectivity index (χ4v) is 4.46. The molecule has 5 nitrogen and oxygen atoms in total. The lowest BCUT2D eigenvalue weighted by Gasteiger charge is -2.25. The normalized spacial score (nSPS) is 17.4. The third kappa shape index (κ3) is 5.28. The Balaban J connectivity index is 2.07. The van der Waals surface area contributed by atoms with Gasteiger partial charge in [-0.15, -0.1) is 0 Å². The highest BCUT2D eigenvalue weighted by Crippen LogP contribution is 2.22. The maximum atomic E-state index is 12.9. The third-order valence-corrected chi connectivity index (χ3v) is 6.37. The number of carbonyl (C=O) groups excluding carboxylic acids is 1. The van der Waals surface area contributed by atoms with Crippen LogP contribution in [0.5, 0.6) is 0 Å². The molecule has 1 saturated heterocycles. The van der Waals surface area contributed by atoms with E-state index in [-0.39, 0.29) is 11.3 Å². The molecule has 0 spiro atoms. The summed E-state index contributed by atoms with van der Waals surface area (Å²) in [5.74, 6) is 0.110. The van der Waals surface area contributed by atoms with Gasteiger partial charge in [0.1, 0.15) is 0 Å². The average molecular weight is 367 g/mol. The van der Waals surface area contributed by atoms with Crippen molar-refractivity contribution in [2.24, 2.45) is 5.41 Å². The maximum Gasteiger partial charge on any atom is 0.243 e. The summed E-state index contributed by atoms with van der Waals surface area (Å²) in [5.41, 5.74) is 1.06. The number of sulfonamides is 1. The Kier molecular flexibility index (Phi) is 6.27. The van der Waals surface area contributed by atoms with E-state index in [1.165, 1.54) is 4.31 Å². The zero-order valence-electron chi connectivity index (χ0n) is 15.8. The molecule has 0 atom stereocenters. The van der Waals surface area contributed by atoms with E-state index in [2.05, 4.69) is 0 Å². The number of hydrogen-bond donors (Lipinski definition) is 0. The zero-order valence-corrected chi connectivity index (χ0v) is 16.6. The summed E-state index contributed by atoms with van der Waals surface area (Å²) in [6, 6.07) is 7.09. The largest absolute Gasteiger partial charge is 0.341 e. The number of carbonyl (C=O) groups is 1. The molecule has 0 saturated carbocycles. The fourth-order valence-electron chi connectivity index (χ4n) is 3.00. The van der Waals surface area contributed by atoms with Crippen LogP contribution < -0.4 is 0 Å². The number of amides is 1. The molecular formula is C19H30N2O3S. The van der Waals surface area contributed by atoms with Crippen molar-refractivity contribution in [3.8, 4) is 0 Å². The molecule has 0 unspecified atom stereocenters. The van der Waals surface area contributed by atoms with Crippen LogP contribution in [-0.2, 0) is 21.2 Å². The van der Waals surface area contributed by atoms with E-state index in [0.29, 0.717) is 43.9 Å². The smallest absolute Gasteiger partial charge is 0.243 e. The molecule has 0 radical (unpaired) electrons. The van der Waals surface area contributed by atoms with Crippen molar-refractivity contribution in [1.29, 1.82) is 0 Å². The summed E-state index contributed by atoms with van der Waals surface area (Å²) < 4.78 is 27.2. The first-order valence-electron chi connectivity index (χ1n) is 9.00.